The molecule has 0 fully saturated rings. The van der Waals surface area contributed by atoms with E-state index in [-0.39, 0.29) is 6.10 Å². The highest BCUT2D eigenvalue weighted by atomic mass is 79.9. The summed E-state index contributed by atoms with van der Waals surface area (Å²) in [6, 6.07) is 14.6. The highest BCUT2D eigenvalue weighted by Crippen LogP contribution is 2.40. The van der Waals surface area contributed by atoms with Crippen molar-refractivity contribution >= 4 is 21.6 Å². The van der Waals surface area contributed by atoms with Crippen LogP contribution >= 0.6 is 15.9 Å². The summed E-state index contributed by atoms with van der Waals surface area (Å²) < 4.78 is 7.32. The van der Waals surface area contributed by atoms with E-state index in [9.17, 15) is 0 Å². The zero-order valence-electron chi connectivity index (χ0n) is 13.2. The van der Waals surface area contributed by atoms with Gasteiger partial charge in [-0.15, -0.1) is 0 Å². The second-order valence-electron chi connectivity index (χ2n) is 6.36. The number of benzene rings is 2. The fourth-order valence-corrected chi connectivity index (χ4v) is 4.27. The molecule has 0 amide bonds. The van der Waals surface area contributed by atoms with Gasteiger partial charge in [0.1, 0.15) is 11.9 Å². The van der Waals surface area contributed by atoms with E-state index in [1.165, 1.54) is 17.5 Å². The van der Waals surface area contributed by atoms with Crippen molar-refractivity contribution in [2.75, 3.05) is 0 Å². The first-order valence-corrected chi connectivity index (χ1v) is 9.05. The van der Waals surface area contributed by atoms with Gasteiger partial charge in [0.25, 0.3) is 0 Å². The van der Waals surface area contributed by atoms with Gasteiger partial charge in [0, 0.05) is 22.4 Å². The second-order valence-corrected chi connectivity index (χ2v) is 7.27. The fraction of sp³-hybridized carbons (Fsp3) is 0.300. The van der Waals surface area contributed by atoms with Crippen LogP contribution in [0.2, 0.25) is 0 Å². The molecule has 2 unspecified atom stereocenters. The maximum Gasteiger partial charge on any atom is 0.205 e. The smallest absolute Gasteiger partial charge is 0.205 e. The van der Waals surface area contributed by atoms with Crippen molar-refractivity contribution in [2.24, 2.45) is 4.99 Å². The van der Waals surface area contributed by atoms with Crippen molar-refractivity contribution < 1.29 is 4.74 Å². The third-order valence-corrected chi connectivity index (χ3v) is 5.47. The van der Waals surface area contributed by atoms with Gasteiger partial charge in [0.2, 0.25) is 6.19 Å². The maximum absolute atomic E-state index is 9.08. The van der Waals surface area contributed by atoms with Gasteiger partial charge >= 0.3 is 0 Å². The number of nitrogens with zero attached hydrogens (tertiary/aromatic N) is 2. The summed E-state index contributed by atoms with van der Waals surface area (Å²) in [6.45, 7) is 0. The third-order valence-electron chi connectivity index (χ3n) is 4.97. The lowest BCUT2D eigenvalue weighted by Crippen LogP contribution is -2.34. The summed E-state index contributed by atoms with van der Waals surface area (Å²) in [5.41, 5.74) is 4.57. The van der Waals surface area contributed by atoms with Crippen LogP contribution in [-0.2, 0) is 6.42 Å². The molecule has 4 rings (SSSR count). The number of hydrogen-bond donors (Lipinski definition) is 0. The topological polar surface area (TPSA) is 45.4 Å². The molecule has 0 aromatic heterocycles. The average Bonchev–Trinajstić information content (AvgIpc) is 2.62. The molecule has 0 saturated carbocycles. The lowest BCUT2D eigenvalue weighted by molar-refractivity contribution is 0.160. The van der Waals surface area contributed by atoms with Crippen LogP contribution in [0, 0.1) is 11.5 Å². The normalized spacial score (nSPS) is 23.8. The Hall–Kier alpha value is -2.12. The number of ether oxygens (including phenoxy) is 1. The first kappa shape index (κ1) is 15.4. The van der Waals surface area contributed by atoms with Gasteiger partial charge in [-0.1, -0.05) is 40.2 Å². The molecule has 120 valence electrons. The van der Waals surface area contributed by atoms with E-state index >= 15 is 0 Å². The van der Waals surface area contributed by atoms with Crippen LogP contribution in [0.4, 0.5) is 0 Å². The van der Waals surface area contributed by atoms with Crippen LogP contribution in [0.25, 0.3) is 0 Å². The fourth-order valence-electron chi connectivity index (χ4n) is 3.90. The molecule has 0 bridgehead atoms. The van der Waals surface area contributed by atoms with Gasteiger partial charge in [-0.3, -0.25) is 0 Å². The van der Waals surface area contributed by atoms with E-state index < -0.39 is 0 Å². The number of aryl methyl sites for hydroxylation is 1. The molecule has 0 spiro atoms. The predicted octanol–water partition coefficient (Wildman–Crippen LogP) is 4.99. The van der Waals surface area contributed by atoms with E-state index in [4.69, 9.17) is 10.00 Å². The van der Waals surface area contributed by atoms with Gasteiger partial charge in [-0.25, -0.2) is 0 Å². The lowest BCUT2D eigenvalue weighted by atomic mass is 9.77. The van der Waals surface area contributed by atoms with Crippen molar-refractivity contribution in [1.82, 2.24) is 0 Å². The predicted molar refractivity (Wildman–Crippen MR) is 97.4 cm³/mol. The van der Waals surface area contributed by atoms with Crippen LogP contribution < -0.4 is 4.74 Å². The lowest BCUT2D eigenvalue weighted by Gasteiger charge is -2.36. The summed E-state index contributed by atoms with van der Waals surface area (Å²) in [7, 11) is 0. The summed E-state index contributed by atoms with van der Waals surface area (Å²) in [5, 5.41) is 9.08. The maximum atomic E-state index is 9.08. The minimum Gasteiger partial charge on any atom is -0.489 e. The quantitative estimate of drug-likeness (QED) is 0.654. The molecule has 2 aromatic rings. The number of hydrogen-bond acceptors (Lipinski definition) is 3. The number of fused-ring (bicyclic) bond motifs is 2. The molecule has 0 saturated heterocycles. The van der Waals surface area contributed by atoms with Gasteiger partial charge in [-0.05, 0) is 48.6 Å². The van der Waals surface area contributed by atoms with Crippen LogP contribution in [0.1, 0.15) is 41.9 Å². The highest BCUT2D eigenvalue weighted by Gasteiger charge is 2.34. The van der Waals surface area contributed by atoms with E-state index in [0.29, 0.717) is 12.3 Å². The molecule has 3 nitrogen and oxygen atoms in total. The minimum atomic E-state index is 0.0345. The van der Waals surface area contributed by atoms with Crippen LogP contribution in [-0.4, -0.2) is 11.8 Å². The van der Waals surface area contributed by atoms with Gasteiger partial charge in [-0.2, -0.15) is 10.3 Å². The number of nitriles is 1. The highest BCUT2D eigenvalue weighted by molar-refractivity contribution is 9.10. The van der Waals surface area contributed by atoms with E-state index in [1.54, 1.807) is 0 Å². The summed E-state index contributed by atoms with van der Waals surface area (Å²) >= 11 is 3.49. The standard InChI is InChI=1S/C20H17BrN2O/c21-14-8-9-19-17(10-14)18(23-12-22)11-20(24-19)16-7-3-5-13-4-1-2-6-15(13)16/h1-2,4,6,8-10,16,20H,3,5,7,11H2/b23-18+. The average molecular weight is 381 g/mol. The van der Waals surface area contributed by atoms with Crippen molar-refractivity contribution in [3.05, 3.63) is 63.6 Å². The first-order chi connectivity index (χ1) is 11.8. The Morgan fingerprint density at radius 1 is 1.21 bits per heavy atom. The summed E-state index contributed by atoms with van der Waals surface area (Å²) in [6.07, 6.45) is 6.11. The van der Waals surface area contributed by atoms with Crippen molar-refractivity contribution in [3.63, 3.8) is 0 Å². The van der Waals surface area contributed by atoms with E-state index in [0.717, 1.165) is 34.3 Å². The Morgan fingerprint density at radius 2 is 2.08 bits per heavy atom. The number of rotatable bonds is 1. The molecule has 2 aliphatic rings. The second kappa shape index (κ2) is 6.41. The van der Waals surface area contributed by atoms with Crippen LogP contribution in [0.15, 0.2) is 51.9 Å². The van der Waals surface area contributed by atoms with Crippen LogP contribution in [0.5, 0.6) is 5.75 Å². The van der Waals surface area contributed by atoms with E-state index in [2.05, 4.69) is 45.2 Å². The van der Waals surface area contributed by atoms with Gasteiger partial charge in [0.05, 0.1) is 5.71 Å². The summed E-state index contributed by atoms with van der Waals surface area (Å²) in [5.74, 6) is 1.18. The SMILES string of the molecule is N#C/N=C1\CC(C2CCCc3ccccc32)Oc2ccc(Br)cc21. The first-order valence-electron chi connectivity index (χ1n) is 8.26. The van der Waals surface area contributed by atoms with Crippen molar-refractivity contribution in [2.45, 2.75) is 37.7 Å². The Kier molecular flexibility index (Phi) is 4.12. The molecule has 1 aliphatic carbocycles. The molecule has 24 heavy (non-hydrogen) atoms. The molecule has 1 heterocycles. The Balaban J connectivity index is 1.73. The number of aliphatic imine (C=N–C) groups is 1. The van der Waals surface area contributed by atoms with Crippen molar-refractivity contribution in [1.29, 1.82) is 5.26 Å². The van der Waals surface area contributed by atoms with Gasteiger partial charge in [0.15, 0.2) is 0 Å². The number of halogens is 1. The Bertz CT molecular complexity index is 853. The van der Waals surface area contributed by atoms with Crippen LogP contribution in [0.3, 0.4) is 0 Å². The van der Waals surface area contributed by atoms with Crippen molar-refractivity contribution in [3.8, 4) is 11.9 Å². The molecule has 0 N–H and O–H groups in total. The zero-order valence-corrected chi connectivity index (χ0v) is 14.8. The molecule has 4 heteroatoms. The monoisotopic (exact) mass is 380 g/mol. The molecular weight excluding hydrogens is 364 g/mol. The molecule has 2 aromatic carbocycles. The Morgan fingerprint density at radius 3 is 2.96 bits per heavy atom. The molecule has 2 atom stereocenters. The summed E-state index contributed by atoms with van der Waals surface area (Å²) in [4.78, 5) is 4.09. The Labute approximate surface area is 150 Å². The van der Waals surface area contributed by atoms with Gasteiger partial charge < -0.3 is 4.74 Å². The molecule has 0 radical (unpaired) electrons. The van der Waals surface area contributed by atoms with E-state index in [1.807, 2.05) is 24.4 Å². The molecule has 1 aliphatic heterocycles. The minimum absolute atomic E-state index is 0.0345. The largest absolute Gasteiger partial charge is 0.489 e. The third kappa shape index (κ3) is 2.74. The molecular formula is C20H17BrN2O. The zero-order chi connectivity index (χ0) is 16.5.